The van der Waals surface area contributed by atoms with E-state index < -0.39 is 0 Å². The zero-order valence-corrected chi connectivity index (χ0v) is 14.3. The fourth-order valence-electron chi connectivity index (χ4n) is 1.60. The molecule has 104 valence electrons. The van der Waals surface area contributed by atoms with Gasteiger partial charge in [-0.1, -0.05) is 49.2 Å². The van der Waals surface area contributed by atoms with E-state index in [-0.39, 0.29) is 0 Å². The number of anilines is 1. The van der Waals surface area contributed by atoms with Crippen molar-refractivity contribution in [2.75, 3.05) is 25.5 Å². The maximum atomic E-state index is 5.42. The molecule has 0 radical (unpaired) electrons. The summed E-state index contributed by atoms with van der Waals surface area (Å²) in [6.45, 7) is 5.09. The van der Waals surface area contributed by atoms with E-state index >= 15 is 0 Å². The van der Waals surface area contributed by atoms with Crippen LogP contribution in [0.2, 0.25) is 0 Å². The van der Waals surface area contributed by atoms with Gasteiger partial charge >= 0.3 is 0 Å². The Bertz CT molecular complexity index is 458. The van der Waals surface area contributed by atoms with Crippen molar-refractivity contribution >= 4 is 51.2 Å². The van der Waals surface area contributed by atoms with Crippen molar-refractivity contribution in [3.63, 3.8) is 0 Å². The Labute approximate surface area is 131 Å². The van der Waals surface area contributed by atoms with Crippen LogP contribution in [0.4, 0.5) is 5.69 Å². The first-order valence-electron chi connectivity index (χ1n) is 6.29. The van der Waals surface area contributed by atoms with Gasteiger partial charge in [0.05, 0.1) is 4.99 Å². The number of thioether (sulfide) groups is 1. The van der Waals surface area contributed by atoms with Crippen molar-refractivity contribution in [3.05, 3.63) is 24.3 Å². The zero-order chi connectivity index (χ0) is 14.4. The summed E-state index contributed by atoms with van der Waals surface area (Å²) in [6.07, 6.45) is 0.886. The van der Waals surface area contributed by atoms with Gasteiger partial charge in [-0.05, 0) is 31.5 Å². The van der Waals surface area contributed by atoms with Crippen LogP contribution >= 0.6 is 36.2 Å². The minimum atomic E-state index is 0.860. The van der Waals surface area contributed by atoms with Crippen molar-refractivity contribution in [3.8, 4) is 0 Å². The summed E-state index contributed by atoms with van der Waals surface area (Å²) in [5, 5.41) is 0. The quantitative estimate of drug-likeness (QED) is 0.606. The van der Waals surface area contributed by atoms with Gasteiger partial charge in [-0.25, -0.2) is 0 Å². The highest BCUT2D eigenvalue weighted by atomic mass is 32.2. The molecule has 0 aliphatic carbocycles. The van der Waals surface area contributed by atoms with Gasteiger partial charge in [-0.15, -0.1) is 0 Å². The van der Waals surface area contributed by atoms with Gasteiger partial charge in [0, 0.05) is 31.2 Å². The largest absolute Gasteiger partial charge is 0.363 e. The van der Waals surface area contributed by atoms with E-state index in [0.29, 0.717) is 0 Å². The Morgan fingerprint density at radius 3 is 2.42 bits per heavy atom. The topological polar surface area (TPSA) is 6.48 Å². The van der Waals surface area contributed by atoms with Crippen LogP contribution in [0.1, 0.15) is 20.3 Å². The van der Waals surface area contributed by atoms with Crippen molar-refractivity contribution in [2.45, 2.75) is 25.2 Å². The molecule has 0 aliphatic heterocycles. The summed E-state index contributed by atoms with van der Waals surface area (Å²) in [7, 11) is 3.92. The van der Waals surface area contributed by atoms with Crippen molar-refractivity contribution < 1.29 is 0 Å². The van der Waals surface area contributed by atoms with Gasteiger partial charge in [0.1, 0.15) is 4.32 Å². The predicted molar refractivity (Wildman–Crippen MR) is 94.5 cm³/mol. The van der Waals surface area contributed by atoms with Crippen LogP contribution in [0, 0.1) is 0 Å². The molecule has 5 heteroatoms. The molecular weight excluding hydrogens is 292 g/mol. The molecule has 0 saturated heterocycles. The number of benzene rings is 1. The van der Waals surface area contributed by atoms with Gasteiger partial charge < -0.3 is 9.80 Å². The average molecular weight is 313 g/mol. The fourth-order valence-corrected chi connectivity index (χ4v) is 2.83. The number of hydrogen-bond donors (Lipinski definition) is 0. The summed E-state index contributed by atoms with van der Waals surface area (Å²) < 4.78 is 0.860. The lowest BCUT2D eigenvalue weighted by atomic mass is 10.2. The minimum absolute atomic E-state index is 0.860. The van der Waals surface area contributed by atoms with E-state index in [2.05, 4.69) is 43.0 Å². The molecule has 1 rings (SSSR count). The normalized spacial score (nSPS) is 10.1. The van der Waals surface area contributed by atoms with E-state index in [9.17, 15) is 0 Å². The van der Waals surface area contributed by atoms with Crippen molar-refractivity contribution in [2.24, 2.45) is 0 Å². The Hall–Kier alpha value is -0.650. The van der Waals surface area contributed by atoms with Crippen LogP contribution in [0.5, 0.6) is 0 Å². The first-order valence-corrected chi connectivity index (χ1v) is 7.92. The molecule has 0 atom stereocenters. The van der Waals surface area contributed by atoms with Gasteiger partial charge in [0.2, 0.25) is 0 Å². The lowest BCUT2D eigenvalue weighted by Gasteiger charge is -2.23. The van der Waals surface area contributed by atoms with Crippen LogP contribution in [0.3, 0.4) is 0 Å². The third-order valence-corrected chi connectivity index (χ3v) is 4.77. The second-order valence-electron chi connectivity index (χ2n) is 4.25. The Balaban J connectivity index is 2.92. The van der Waals surface area contributed by atoms with E-state index in [1.165, 1.54) is 0 Å². The maximum Gasteiger partial charge on any atom is 0.140 e. The van der Waals surface area contributed by atoms with Crippen LogP contribution in [-0.4, -0.2) is 34.8 Å². The molecule has 0 spiro atoms. The maximum absolute atomic E-state index is 5.42. The molecule has 0 bridgehead atoms. The molecule has 19 heavy (non-hydrogen) atoms. The first-order chi connectivity index (χ1) is 8.99. The SMILES string of the molecule is CCC(=S)N(CC)c1cccc(SC(=S)N(C)C)c1. The fraction of sp³-hybridized carbons (Fsp3) is 0.429. The third-order valence-electron chi connectivity index (χ3n) is 2.62. The summed E-state index contributed by atoms with van der Waals surface area (Å²) >= 11 is 12.3. The molecule has 0 fully saturated rings. The minimum Gasteiger partial charge on any atom is -0.363 e. The molecule has 0 N–H and O–H groups in total. The lowest BCUT2D eigenvalue weighted by Crippen LogP contribution is -2.28. The highest BCUT2D eigenvalue weighted by Crippen LogP contribution is 2.26. The first kappa shape index (κ1) is 16.4. The van der Waals surface area contributed by atoms with Crippen LogP contribution in [0.15, 0.2) is 29.2 Å². The van der Waals surface area contributed by atoms with Gasteiger partial charge in [0.25, 0.3) is 0 Å². The summed E-state index contributed by atoms with van der Waals surface area (Å²) in [5.74, 6) is 0. The average Bonchev–Trinajstić information content (AvgIpc) is 2.39. The number of thiocarbonyl (C=S) groups is 2. The van der Waals surface area contributed by atoms with Crippen molar-refractivity contribution in [1.82, 2.24) is 4.90 Å². The molecule has 0 aromatic heterocycles. The van der Waals surface area contributed by atoms with E-state index in [4.69, 9.17) is 24.4 Å². The number of nitrogens with zero attached hydrogens (tertiary/aromatic N) is 2. The number of rotatable bonds is 4. The highest BCUT2D eigenvalue weighted by molar-refractivity contribution is 8.22. The molecular formula is C14H20N2S3. The predicted octanol–water partition coefficient (Wildman–Crippen LogP) is 4.19. The number of hydrogen-bond acceptors (Lipinski definition) is 3. The Morgan fingerprint density at radius 1 is 1.21 bits per heavy atom. The van der Waals surface area contributed by atoms with E-state index in [0.717, 1.165) is 32.9 Å². The smallest absolute Gasteiger partial charge is 0.140 e. The lowest BCUT2D eigenvalue weighted by molar-refractivity contribution is 0.648. The monoisotopic (exact) mass is 312 g/mol. The third kappa shape index (κ3) is 4.75. The summed E-state index contributed by atoms with van der Waals surface area (Å²) in [5.41, 5.74) is 1.14. The zero-order valence-electron chi connectivity index (χ0n) is 11.8. The van der Waals surface area contributed by atoms with Gasteiger partial charge in [-0.2, -0.15) is 0 Å². The van der Waals surface area contributed by atoms with Crippen molar-refractivity contribution in [1.29, 1.82) is 0 Å². The summed E-state index contributed by atoms with van der Waals surface area (Å²) in [4.78, 5) is 6.23. The van der Waals surface area contributed by atoms with E-state index in [1.54, 1.807) is 11.8 Å². The molecule has 0 saturated carbocycles. The molecule has 0 aliphatic rings. The summed E-state index contributed by atoms with van der Waals surface area (Å²) in [6, 6.07) is 8.36. The second kappa shape index (κ2) is 7.82. The standard InChI is InChI=1S/C14H20N2S3/c1-5-13(17)16(6-2)11-8-7-9-12(10-11)19-14(18)15(3)4/h7-10H,5-6H2,1-4H3. The molecule has 1 aromatic rings. The second-order valence-corrected chi connectivity index (χ2v) is 6.43. The molecule has 0 heterocycles. The Kier molecular flexibility index (Phi) is 6.75. The van der Waals surface area contributed by atoms with Gasteiger partial charge in [0.15, 0.2) is 0 Å². The van der Waals surface area contributed by atoms with Crippen LogP contribution < -0.4 is 4.90 Å². The molecule has 0 unspecified atom stereocenters. The highest BCUT2D eigenvalue weighted by Gasteiger charge is 2.10. The Morgan fingerprint density at radius 2 is 1.89 bits per heavy atom. The van der Waals surface area contributed by atoms with E-state index in [1.807, 2.05) is 19.0 Å². The molecule has 2 nitrogen and oxygen atoms in total. The van der Waals surface area contributed by atoms with Crippen LogP contribution in [0.25, 0.3) is 0 Å². The molecule has 1 aromatic carbocycles. The van der Waals surface area contributed by atoms with Gasteiger partial charge in [-0.3, -0.25) is 0 Å². The van der Waals surface area contributed by atoms with Crippen LogP contribution in [-0.2, 0) is 0 Å². The molecule has 0 amide bonds.